The Hall–Kier alpha value is -2.27. The molecule has 1 heterocycles. The van der Waals surface area contributed by atoms with E-state index in [0.29, 0.717) is 16.9 Å². The first kappa shape index (κ1) is 12.2. The van der Waals surface area contributed by atoms with Gasteiger partial charge in [0.2, 0.25) is 0 Å². The molecule has 3 N–H and O–H groups in total. The molecule has 0 saturated carbocycles. The summed E-state index contributed by atoms with van der Waals surface area (Å²) in [6.45, 7) is 0.0825. The van der Waals surface area contributed by atoms with E-state index in [4.69, 9.17) is 5.73 Å². The first-order valence-electron chi connectivity index (χ1n) is 5.41. The molecule has 1 amide bonds. The summed E-state index contributed by atoms with van der Waals surface area (Å²) in [6, 6.07) is 9.31. The molecule has 1 aromatic carbocycles. The predicted octanol–water partition coefficient (Wildman–Crippen LogP) is 1.93. The van der Waals surface area contributed by atoms with Crippen molar-refractivity contribution in [1.82, 2.24) is 4.98 Å². The summed E-state index contributed by atoms with van der Waals surface area (Å²) in [5, 5.41) is 2.64. The van der Waals surface area contributed by atoms with Crippen LogP contribution in [0.1, 0.15) is 16.1 Å². The molecule has 0 aliphatic carbocycles. The Morgan fingerprint density at radius 1 is 1.33 bits per heavy atom. The van der Waals surface area contributed by atoms with Crippen LogP contribution < -0.4 is 11.1 Å². The van der Waals surface area contributed by atoms with Crippen molar-refractivity contribution in [2.75, 3.05) is 5.32 Å². The van der Waals surface area contributed by atoms with Crippen LogP contribution >= 0.6 is 0 Å². The van der Waals surface area contributed by atoms with Crippen LogP contribution in [-0.4, -0.2) is 10.9 Å². The topological polar surface area (TPSA) is 68.0 Å². The molecule has 0 aliphatic heterocycles. The van der Waals surface area contributed by atoms with Gasteiger partial charge in [-0.2, -0.15) is 0 Å². The molecular formula is C13H12FN3O. The third-order valence-corrected chi connectivity index (χ3v) is 2.42. The zero-order chi connectivity index (χ0) is 13.0. The van der Waals surface area contributed by atoms with Crippen LogP contribution in [0.3, 0.4) is 0 Å². The standard InChI is InChI=1S/C13H12FN3O/c14-11-5-4-10(7-9(11)8-15)17-13(18)12-3-1-2-6-16-12/h1-7H,8,15H2,(H,17,18). The number of amides is 1. The normalized spacial score (nSPS) is 10.1. The molecule has 2 aromatic rings. The van der Waals surface area contributed by atoms with E-state index in [9.17, 15) is 9.18 Å². The second kappa shape index (κ2) is 5.37. The maximum absolute atomic E-state index is 13.2. The minimum absolute atomic E-state index is 0.0825. The van der Waals surface area contributed by atoms with Crippen LogP contribution in [0.15, 0.2) is 42.6 Å². The second-order valence-corrected chi connectivity index (χ2v) is 3.68. The van der Waals surface area contributed by atoms with Crippen LogP contribution in [0.25, 0.3) is 0 Å². The van der Waals surface area contributed by atoms with Gasteiger partial charge in [0.25, 0.3) is 5.91 Å². The monoisotopic (exact) mass is 245 g/mol. The number of carbonyl (C=O) groups is 1. The first-order chi connectivity index (χ1) is 8.70. The number of nitrogens with one attached hydrogen (secondary N) is 1. The van der Waals surface area contributed by atoms with Crippen molar-refractivity contribution in [3.05, 3.63) is 59.7 Å². The van der Waals surface area contributed by atoms with Crippen LogP contribution in [0.4, 0.5) is 10.1 Å². The highest BCUT2D eigenvalue weighted by molar-refractivity contribution is 6.02. The van der Waals surface area contributed by atoms with Crippen molar-refractivity contribution in [3.8, 4) is 0 Å². The van der Waals surface area contributed by atoms with E-state index in [1.165, 1.54) is 24.4 Å². The Labute approximate surface area is 104 Å². The fourth-order valence-electron chi connectivity index (χ4n) is 1.50. The molecule has 0 bridgehead atoms. The van der Waals surface area contributed by atoms with Crippen molar-refractivity contribution in [3.63, 3.8) is 0 Å². The van der Waals surface area contributed by atoms with Gasteiger partial charge in [0, 0.05) is 24.0 Å². The third-order valence-electron chi connectivity index (χ3n) is 2.42. The Kier molecular flexibility index (Phi) is 3.64. The van der Waals surface area contributed by atoms with Gasteiger partial charge in [-0.3, -0.25) is 9.78 Å². The van der Waals surface area contributed by atoms with Crippen molar-refractivity contribution in [2.24, 2.45) is 5.73 Å². The van der Waals surface area contributed by atoms with Gasteiger partial charge >= 0.3 is 0 Å². The lowest BCUT2D eigenvalue weighted by Gasteiger charge is -2.07. The van der Waals surface area contributed by atoms with Gasteiger partial charge in [-0.05, 0) is 30.3 Å². The molecule has 0 atom stereocenters. The second-order valence-electron chi connectivity index (χ2n) is 3.68. The van der Waals surface area contributed by atoms with Gasteiger partial charge < -0.3 is 11.1 Å². The number of anilines is 1. The average Bonchev–Trinajstić information content (AvgIpc) is 2.42. The quantitative estimate of drug-likeness (QED) is 0.868. The molecule has 92 valence electrons. The largest absolute Gasteiger partial charge is 0.326 e. The van der Waals surface area contributed by atoms with E-state index in [-0.39, 0.29) is 18.3 Å². The summed E-state index contributed by atoms with van der Waals surface area (Å²) < 4.78 is 13.2. The minimum atomic E-state index is -0.381. The molecule has 0 aliphatic rings. The third kappa shape index (κ3) is 2.70. The molecule has 4 nitrogen and oxygen atoms in total. The van der Waals surface area contributed by atoms with Crippen LogP contribution in [0.5, 0.6) is 0 Å². The van der Waals surface area contributed by atoms with E-state index in [1.54, 1.807) is 18.2 Å². The molecule has 5 heteroatoms. The molecule has 1 aromatic heterocycles. The van der Waals surface area contributed by atoms with E-state index in [2.05, 4.69) is 10.3 Å². The summed E-state index contributed by atoms with van der Waals surface area (Å²) in [4.78, 5) is 15.7. The Bertz CT molecular complexity index is 557. The van der Waals surface area contributed by atoms with Gasteiger partial charge in [-0.1, -0.05) is 6.07 Å². The van der Waals surface area contributed by atoms with E-state index < -0.39 is 0 Å². The number of halogens is 1. The first-order valence-corrected chi connectivity index (χ1v) is 5.41. The number of rotatable bonds is 3. The molecule has 2 rings (SSSR count). The lowest BCUT2D eigenvalue weighted by molar-refractivity contribution is 0.102. The van der Waals surface area contributed by atoms with Crippen LogP contribution in [0.2, 0.25) is 0 Å². The number of nitrogens with zero attached hydrogens (tertiary/aromatic N) is 1. The Morgan fingerprint density at radius 3 is 2.83 bits per heavy atom. The Balaban J connectivity index is 2.17. The number of hydrogen-bond donors (Lipinski definition) is 2. The summed E-state index contributed by atoms with van der Waals surface area (Å²) >= 11 is 0. The minimum Gasteiger partial charge on any atom is -0.326 e. The van der Waals surface area contributed by atoms with E-state index >= 15 is 0 Å². The van der Waals surface area contributed by atoms with Crippen molar-refractivity contribution >= 4 is 11.6 Å². The molecule has 0 unspecified atom stereocenters. The van der Waals surface area contributed by atoms with Gasteiger partial charge in [-0.25, -0.2) is 4.39 Å². The number of nitrogens with two attached hydrogens (primary N) is 1. The summed E-state index contributed by atoms with van der Waals surface area (Å²) in [6.07, 6.45) is 1.53. The smallest absolute Gasteiger partial charge is 0.274 e. The van der Waals surface area contributed by atoms with Gasteiger partial charge in [-0.15, -0.1) is 0 Å². The fourth-order valence-corrected chi connectivity index (χ4v) is 1.50. The van der Waals surface area contributed by atoms with E-state index in [0.717, 1.165) is 0 Å². The highest BCUT2D eigenvalue weighted by Crippen LogP contribution is 2.15. The number of hydrogen-bond acceptors (Lipinski definition) is 3. The van der Waals surface area contributed by atoms with Crippen LogP contribution in [-0.2, 0) is 6.54 Å². The Morgan fingerprint density at radius 2 is 2.17 bits per heavy atom. The SMILES string of the molecule is NCc1cc(NC(=O)c2ccccn2)ccc1F. The number of benzene rings is 1. The lowest BCUT2D eigenvalue weighted by Crippen LogP contribution is -2.14. The summed E-state index contributed by atoms with van der Waals surface area (Å²) in [7, 11) is 0. The van der Waals surface area contributed by atoms with E-state index in [1.807, 2.05) is 0 Å². The maximum atomic E-state index is 13.2. The van der Waals surface area contributed by atoms with Gasteiger partial charge in [0.05, 0.1) is 0 Å². The maximum Gasteiger partial charge on any atom is 0.274 e. The lowest BCUT2D eigenvalue weighted by atomic mass is 10.2. The summed E-state index contributed by atoms with van der Waals surface area (Å²) in [5.41, 5.74) is 6.55. The highest BCUT2D eigenvalue weighted by Gasteiger charge is 2.08. The molecule has 0 spiro atoms. The fraction of sp³-hybridized carbons (Fsp3) is 0.0769. The van der Waals surface area contributed by atoms with Crippen molar-refractivity contribution < 1.29 is 9.18 Å². The summed E-state index contributed by atoms with van der Waals surface area (Å²) in [5.74, 6) is -0.724. The highest BCUT2D eigenvalue weighted by atomic mass is 19.1. The molecular weight excluding hydrogens is 233 g/mol. The van der Waals surface area contributed by atoms with Crippen molar-refractivity contribution in [1.29, 1.82) is 0 Å². The molecule has 18 heavy (non-hydrogen) atoms. The number of aromatic nitrogens is 1. The zero-order valence-electron chi connectivity index (χ0n) is 9.56. The average molecular weight is 245 g/mol. The van der Waals surface area contributed by atoms with Gasteiger partial charge in [0.1, 0.15) is 11.5 Å². The number of carbonyl (C=O) groups excluding carboxylic acids is 1. The zero-order valence-corrected chi connectivity index (χ0v) is 9.56. The molecule has 0 saturated heterocycles. The molecule has 0 radical (unpaired) electrons. The van der Waals surface area contributed by atoms with Crippen LogP contribution in [0, 0.1) is 5.82 Å². The van der Waals surface area contributed by atoms with Gasteiger partial charge in [0.15, 0.2) is 0 Å². The predicted molar refractivity (Wildman–Crippen MR) is 66.5 cm³/mol. The number of pyridine rings is 1. The van der Waals surface area contributed by atoms with Crippen molar-refractivity contribution in [2.45, 2.75) is 6.54 Å². The molecule has 0 fully saturated rings.